The molecule has 2 atom stereocenters. The zero-order valence-corrected chi connectivity index (χ0v) is 20.3. The van der Waals surface area contributed by atoms with Crippen LogP contribution in [-0.2, 0) is 6.54 Å². The van der Waals surface area contributed by atoms with Gasteiger partial charge in [0.05, 0.1) is 30.6 Å². The Labute approximate surface area is 207 Å². The molecule has 0 unspecified atom stereocenters. The molecule has 36 heavy (non-hydrogen) atoms. The average molecular weight is 500 g/mol. The maximum atomic E-state index is 13.8. The van der Waals surface area contributed by atoms with Gasteiger partial charge in [0.15, 0.2) is 5.65 Å². The number of hydrogen-bond donors (Lipinski definition) is 2. The van der Waals surface area contributed by atoms with Crippen LogP contribution in [0.25, 0.3) is 16.7 Å². The van der Waals surface area contributed by atoms with Gasteiger partial charge in [-0.2, -0.15) is 5.10 Å². The summed E-state index contributed by atoms with van der Waals surface area (Å²) in [4.78, 5) is 34.8. The lowest BCUT2D eigenvalue weighted by atomic mass is 9.91. The van der Waals surface area contributed by atoms with Crippen molar-refractivity contribution in [2.45, 2.75) is 37.3 Å². The molecule has 2 aromatic heterocycles. The lowest BCUT2D eigenvalue weighted by Crippen LogP contribution is -2.51. The number of nitrogens with zero attached hydrogens (tertiary/aromatic N) is 7. The maximum Gasteiger partial charge on any atom is 0.319 e. The maximum absolute atomic E-state index is 13.8. The molecule has 2 N–H and O–H groups in total. The molecule has 5 rings (SSSR count). The van der Waals surface area contributed by atoms with Gasteiger partial charge < -0.3 is 24.9 Å². The Kier molecular flexibility index (Phi) is 6.17. The summed E-state index contributed by atoms with van der Waals surface area (Å²) in [6, 6.07) is 7.17. The van der Waals surface area contributed by atoms with E-state index in [4.69, 9.17) is 0 Å². The number of aliphatic hydroxyl groups excluding tert-OH is 1. The Morgan fingerprint density at radius 3 is 2.61 bits per heavy atom. The highest BCUT2D eigenvalue weighted by molar-refractivity contribution is 5.75. The number of hydrogen-bond acceptors (Lipinski definition) is 7. The third-order valence-corrected chi connectivity index (χ3v) is 7.03. The molecule has 0 spiro atoms. The summed E-state index contributed by atoms with van der Waals surface area (Å²) < 4.78 is 16.7. The molecular weight excluding hydrogens is 469 g/mol. The van der Waals surface area contributed by atoms with Gasteiger partial charge in [0.25, 0.3) is 5.56 Å². The van der Waals surface area contributed by atoms with E-state index >= 15 is 0 Å². The van der Waals surface area contributed by atoms with Crippen LogP contribution in [-0.4, -0.2) is 104 Å². The number of aromatic nitrogens is 4. The van der Waals surface area contributed by atoms with Gasteiger partial charge in [-0.05, 0) is 31.0 Å². The number of halogens is 1. The van der Waals surface area contributed by atoms with Gasteiger partial charge in [-0.1, -0.05) is 6.07 Å². The highest BCUT2D eigenvalue weighted by Crippen LogP contribution is 2.26. The highest BCUT2D eigenvalue weighted by Gasteiger charge is 2.35. The third kappa shape index (κ3) is 4.42. The van der Waals surface area contributed by atoms with E-state index < -0.39 is 17.9 Å². The van der Waals surface area contributed by atoms with Crippen LogP contribution >= 0.6 is 0 Å². The Morgan fingerprint density at radius 2 is 1.94 bits per heavy atom. The normalized spacial score (nSPS) is 21.8. The van der Waals surface area contributed by atoms with Gasteiger partial charge in [0.1, 0.15) is 24.0 Å². The van der Waals surface area contributed by atoms with E-state index in [1.165, 1.54) is 22.0 Å². The summed E-state index contributed by atoms with van der Waals surface area (Å²) in [7, 11) is 3.38. The first-order valence-electron chi connectivity index (χ1n) is 11.9. The molecule has 0 radical (unpaired) electrons. The van der Waals surface area contributed by atoms with E-state index in [9.17, 15) is 24.2 Å². The zero-order chi connectivity index (χ0) is 25.6. The average Bonchev–Trinajstić information content (AvgIpc) is 3.44. The first kappa shape index (κ1) is 24.2. The van der Waals surface area contributed by atoms with Gasteiger partial charge >= 0.3 is 6.03 Å². The number of piperidine rings is 1. The summed E-state index contributed by atoms with van der Waals surface area (Å²) in [6.07, 6.45) is 1.26. The van der Waals surface area contributed by atoms with Gasteiger partial charge in [0, 0.05) is 39.4 Å². The molecule has 2 amide bonds. The lowest BCUT2D eigenvalue weighted by Gasteiger charge is -2.39. The minimum atomic E-state index is -1.30. The number of β-amino-alcohol motifs (C(OH)–C–C–N with tert-alkyl or cyclic N) is 1. The van der Waals surface area contributed by atoms with Crippen molar-refractivity contribution in [1.29, 1.82) is 0 Å². The molecule has 0 saturated carbocycles. The molecule has 2 fully saturated rings. The number of aliphatic hydroxyl groups is 2. The van der Waals surface area contributed by atoms with Gasteiger partial charge in [0.2, 0.25) is 0 Å². The topological polar surface area (TPSA) is 120 Å². The van der Waals surface area contributed by atoms with Crippen LogP contribution in [0.5, 0.6) is 0 Å². The predicted molar refractivity (Wildman–Crippen MR) is 131 cm³/mol. The molecule has 1 aromatic carbocycles. The van der Waals surface area contributed by atoms with Crippen LogP contribution in [0.15, 0.2) is 41.6 Å². The number of anilines is 1. The number of likely N-dealkylation sites (tertiary alicyclic amines) is 1. The van der Waals surface area contributed by atoms with E-state index in [1.54, 1.807) is 34.6 Å². The largest absolute Gasteiger partial charge is 0.388 e. The fourth-order valence-electron chi connectivity index (χ4n) is 4.90. The molecule has 0 aliphatic carbocycles. The van der Waals surface area contributed by atoms with E-state index in [0.717, 1.165) is 5.69 Å². The van der Waals surface area contributed by atoms with Crippen molar-refractivity contribution in [1.82, 2.24) is 29.1 Å². The van der Waals surface area contributed by atoms with Gasteiger partial charge in [-0.3, -0.25) is 9.36 Å². The molecule has 2 saturated heterocycles. The Bertz CT molecular complexity index is 1320. The van der Waals surface area contributed by atoms with Crippen molar-refractivity contribution >= 4 is 22.8 Å². The third-order valence-electron chi connectivity index (χ3n) is 7.03. The first-order chi connectivity index (χ1) is 17.1. The number of carbonyl (C=O) groups is 1. The van der Waals surface area contributed by atoms with Crippen molar-refractivity contribution in [3.8, 4) is 5.69 Å². The van der Waals surface area contributed by atoms with E-state index in [-0.39, 0.29) is 31.2 Å². The van der Waals surface area contributed by atoms with Crippen LogP contribution in [0.4, 0.5) is 14.9 Å². The second-order valence-electron chi connectivity index (χ2n) is 9.87. The van der Waals surface area contributed by atoms with Crippen LogP contribution in [0, 0.1) is 0 Å². The molecule has 12 heteroatoms. The van der Waals surface area contributed by atoms with Crippen LogP contribution in [0.1, 0.15) is 12.8 Å². The Morgan fingerprint density at radius 1 is 1.22 bits per heavy atom. The molecule has 4 heterocycles. The summed E-state index contributed by atoms with van der Waals surface area (Å²) >= 11 is 0. The fourth-order valence-corrected chi connectivity index (χ4v) is 4.90. The SMILES string of the molecule is CN(C)C(=O)N1CCC(O)(Cn2cnc3c(cnn3-c3cccc(N4C[C@@H](O)[C@H](F)C4)c3)c2=O)CC1. The Balaban J connectivity index is 1.36. The number of carbonyl (C=O) groups excluding carboxylic acids is 1. The minimum absolute atomic E-state index is 0.0706. The lowest BCUT2D eigenvalue weighted by molar-refractivity contribution is -0.0282. The number of rotatable bonds is 4. The summed E-state index contributed by atoms with van der Waals surface area (Å²) in [5.74, 6) is 0. The first-order valence-corrected chi connectivity index (χ1v) is 11.9. The number of urea groups is 1. The molecule has 192 valence electrons. The zero-order valence-electron chi connectivity index (χ0n) is 20.3. The van der Waals surface area contributed by atoms with Crippen molar-refractivity contribution < 1.29 is 19.4 Å². The summed E-state index contributed by atoms with van der Waals surface area (Å²) in [5, 5.41) is 25.5. The van der Waals surface area contributed by atoms with Crippen LogP contribution in [0.3, 0.4) is 0 Å². The molecule has 0 bridgehead atoms. The Hall–Kier alpha value is -3.51. The molecule has 3 aromatic rings. The van der Waals surface area contributed by atoms with Gasteiger partial charge in [-0.15, -0.1) is 0 Å². The molecule has 2 aliphatic heterocycles. The number of benzene rings is 1. The summed E-state index contributed by atoms with van der Waals surface area (Å²) in [6.45, 7) is 1.20. The van der Waals surface area contributed by atoms with Crippen molar-refractivity contribution in [2.24, 2.45) is 0 Å². The second kappa shape index (κ2) is 9.17. The standard InChI is InChI=1S/C24H30FN7O4/c1-28(2)23(35)29-8-6-24(36,7-9-29)14-31-15-26-21-18(22(31)34)11-27-32(21)17-5-3-4-16(10-17)30-12-19(25)20(33)13-30/h3-5,10-11,15,19-20,33,36H,6-9,12-14H2,1-2H3/t19-,20-/m1/s1. The second-order valence-corrected chi connectivity index (χ2v) is 9.87. The monoisotopic (exact) mass is 499 g/mol. The van der Waals surface area contributed by atoms with Crippen molar-refractivity contribution in [3.05, 3.63) is 47.1 Å². The summed E-state index contributed by atoms with van der Waals surface area (Å²) in [5.41, 5.74) is 0.328. The van der Waals surface area contributed by atoms with Crippen molar-refractivity contribution in [3.63, 3.8) is 0 Å². The van der Waals surface area contributed by atoms with E-state index in [2.05, 4.69) is 10.1 Å². The number of fused-ring (bicyclic) bond motifs is 1. The van der Waals surface area contributed by atoms with E-state index in [1.807, 2.05) is 18.2 Å². The smallest absolute Gasteiger partial charge is 0.319 e. The molecule has 2 aliphatic rings. The molecule has 11 nitrogen and oxygen atoms in total. The predicted octanol–water partition coefficient (Wildman–Crippen LogP) is 0.610. The minimum Gasteiger partial charge on any atom is -0.388 e. The van der Waals surface area contributed by atoms with Crippen LogP contribution < -0.4 is 10.5 Å². The quantitative estimate of drug-likeness (QED) is 0.540. The van der Waals surface area contributed by atoms with E-state index in [0.29, 0.717) is 42.7 Å². The number of amides is 2. The fraction of sp³-hybridized carbons (Fsp3) is 0.500. The highest BCUT2D eigenvalue weighted by atomic mass is 19.1. The number of alkyl halides is 1. The molecular formula is C24H30FN7O4. The van der Waals surface area contributed by atoms with Crippen molar-refractivity contribution in [2.75, 3.05) is 45.2 Å². The van der Waals surface area contributed by atoms with Gasteiger partial charge in [-0.25, -0.2) is 18.9 Å². The van der Waals surface area contributed by atoms with Crippen LogP contribution in [0.2, 0.25) is 0 Å².